The molecule has 10 heteroatoms. The largest absolute Gasteiger partial charge is 0.454 e. The van der Waals surface area contributed by atoms with Gasteiger partial charge in [0.25, 0.3) is 11.4 Å². The van der Waals surface area contributed by atoms with Gasteiger partial charge in [0.2, 0.25) is 0 Å². The Kier molecular flexibility index (Phi) is 5.78. The number of hydrogen-bond acceptors (Lipinski definition) is 7. The Hall–Kier alpha value is -3.14. The fourth-order valence-electron chi connectivity index (χ4n) is 2.01. The quantitative estimate of drug-likeness (QED) is 0.300. The molecule has 134 valence electrons. The lowest BCUT2D eigenvalue weighted by Gasteiger charge is -2.06. The van der Waals surface area contributed by atoms with Gasteiger partial charge in [-0.3, -0.25) is 25.0 Å². The molecule has 0 saturated carbocycles. The molecule has 0 aliphatic carbocycles. The second-order valence-electron chi connectivity index (χ2n) is 5.21. The van der Waals surface area contributed by atoms with Gasteiger partial charge in [0.1, 0.15) is 0 Å². The van der Waals surface area contributed by atoms with E-state index in [4.69, 9.17) is 4.74 Å². The molecule has 0 fully saturated rings. The lowest BCUT2D eigenvalue weighted by atomic mass is 10.1. The summed E-state index contributed by atoms with van der Waals surface area (Å²) in [6.45, 7) is 1.25. The van der Waals surface area contributed by atoms with E-state index in [0.717, 1.165) is 17.7 Å². The van der Waals surface area contributed by atoms with Gasteiger partial charge in [0.05, 0.1) is 15.4 Å². The van der Waals surface area contributed by atoms with Gasteiger partial charge in [-0.25, -0.2) is 4.79 Å². The summed E-state index contributed by atoms with van der Waals surface area (Å²) >= 11 is 2.77. The molecule has 0 radical (unpaired) electrons. The summed E-state index contributed by atoms with van der Waals surface area (Å²) in [5.74, 6) is -1.55. The average Bonchev–Trinajstić information content (AvgIpc) is 2.59. The maximum absolute atomic E-state index is 12.1. The standard InChI is InChI=1S/C16H11BrN2O7/c1-9-2-4-10(5-3-9)14(20)8-26-16(21)11-6-12(18(22)23)15(17)13(7-11)19(24)25/h2-7H,8H2,1H3. The highest BCUT2D eigenvalue weighted by atomic mass is 79.9. The minimum atomic E-state index is -1.08. The number of aryl methyl sites for hydroxylation is 1. The predicted molar refractivity (Wildman–Crippen MR) is 93.2 cm³/mol. The molecule has 0 aliphatic rings. The van der Waals surface area contributed by atoms with Gasteiger partial charge in [-0.1, -0.05) is 29.8 Å². The van der Waals surface area contributed by atoms with Gasteiger partial charge in [-0.05, 0) is 22.9 Å². The topological polar surface area (TPSA) is 130 Å². The van der Waals surface area contributed by atoms with E-state index in [1.165, 1.54) is 0 Å². The Morgan fingerprint density at radius 2 is 1.50 bits per heavy atom. The normalized spacial score (nSPS) is 10.2. The predicted octanol–water partition coefficient (Wildman–Crippen LogP) is 3.61. The molecular weight excluding hydrogens is 412 g/mol. The van der Waals surface area contributed by atoms with Crippen LogP contribution in [-0.4, -0.2) is 28.2 Å². The van der Waals surface area contributed by atoms with Crippen LogP contribution in [0.1, 0.15) is 26.3 Å². The van der Waals surface area contributed by atoms with Gasteiger partial charge in [0, 0.05) is 17.7 Å². The molecule has 2 rings (SSSR count). The van der Waals surface area contributed by atoms with Crippen LogP contribution >= 0.6 is 15.9 Å². The maximum Gasteiger partial charge on any atom is 0.339 e. The van der Waals surface area contributed by atoms with E-state index in [0.29, 0.717) is 5.56 Å². The fourth-order valence-corrected chi connectivity index (χ4v) is 2.53. The molecule has 26 heavy (non-hydrogen) atoms. The third-order valence-electron chi connectivity index (χ3n) is 3.37. The number of Topliss-reactive ketones (excluding diaryl/α,β-unsaturated/α-hetero) is 1. The lowest BCUT2D eigenvalue weighted by molar-refractivity contribution is -0.395. The molecule has 0 aliphatic heterocycles. The minimum Gasteiger partial charge on any atom is -0.454 e. The molecule has 0 bridgehead atoms. The van der Waals surface area contributed by atoms with Gasteiger partial charge in [-0.15, -0.1) is 0 Å². The van der Waals surface area contributed by atoms with Crippen molar-refractivity contribution in [2.24, 2.45) is 0 Å². The molecule has 0 aromatic heterocycles. The zero-order valence-corrected chi connectivity index (χ0v) is 14.9. The lowest BCUT2D eigenvalue weighted by Crippen LogP contribution is -2.14. The van der Waals surface area contributed by atoms with Gasteiger partial charge >= 0.3 is 5.97 Å². The van der Waals surface area contributed by atoms with E-state index < -0.39 is 45.1 Å². The van der Waals surface area contributed by atoms with Crippen LogP contribution in [0.25, 0.3) is 0 Å². The number of nitro benzene ring substituents is 2. The molecule has 0 unspecified atom stereocenters. The van der Waals surface area contributed by atoms with E-state index in [1.807, 2.05) is 6.92 Å². The van der Waals surface area contributed by atoms with E-state index in [2.05, 4.69) is 15.9 Å². The van der Waals surface area contributed by atoms with E-state index >= 15 is 0 Å². The first-order valence-electron chi connectivity index (χ1n) is 7.10. The van der Waals surface area contributed by atoms with Crippen molar-refractivity contribution in [1.82, 2.24) is 0 Å². The van der Waals surface area contributed by atoms with Crippen LogP contribution < -0.4 is 0 Å². The number of esters is 1. The molecule has 9 nitrogen and oxygen atoms in total. The third-order valence-corrected chi connectivity index (χ3v) is 4.18. The highest BCUT2D eigenvalue weighted by molar-refractivity contribution is 9.10. The fraction of sp³-hybridized carbons (Fsp3) is 0.125. The van der Waals surface area contributed by atoms with E-state index in [1.54, 1.807) is 24.3 Å². The van der Waals surface area contributed by atoms with Gasteiger partial charge < -0.3 is 4.74 Å². The van der Waals surface area contributed by atoms with Crippen LogP contribution in [0, 0.1) is 27.2 Å². The summed E-state index contributed by atoms with van der Waals surface area (Å²) < 4.78 is 4.47. The van der Waals surface area contributed by atoms with Crippen molar-refractivity contribution in [3.63, 3.8) is 0 Å². The summed E-state index contributed by atoms with van der Waals surface area (Å²) in [4.78, 5) is 44.3. The number of nitro groups is 2. The Bertz CT molecular complexity index is 874. The molecular formula is C16H11BrN2O7. The zero-order chi connectivity index (χ0) is 19.4. The summed E-state index contributed by atoms with van der Waals surface area (Å²) in [5.41, 5.74) is -0.431. The second-order valence-corrected chi connectivity index (χ2v) is 6.00. The summed E-state index contributed by atoms with van der Waals surface area (Å²) in [7, 11) is 0. The number of carbonyl (C=O) groups excluding carboxylic acids is 2. The highest BCUT2D eigenvalue weighted by Gasteiger charge is 2.27. The minimum absolute atomic E-state index is 0.330. The Balaban J connectivity index is 2.21. The number of rotatable bonds is 6. The molecule has 0 saturated heterocycles. The number of halogens is 1. The maximum atomic E-state index is 12.1. The van der Waals surface area contributed by atoms with Crippen molar-refractivity contribution in [2.75, 3.05) is 6.61 Å². The van der Waals surface area contributed by atoms with Crippen LogP contribution in [0.15, 0.2) is 40.9 Å². The molecule has 2 aromatic carbocycles. The van der Waals surface area contributed by atoms with Gasteiger partial charge in [-0.2, -0.15) is 0 Å². The number of nitrogens with zero attached hydrogens (tertiary/aromatic N) is 2. The van der Waals surface area contributed by atoms with Crippen molar-refractivity contribution >= 4 is 39.1 Å². The van der Waals surface area contributed by atoms with Crippen LogP contribution in [0.5, 0.6) is 0 Å². The SMILES string of the molecule is Cc1ccc(C(=O)COC(=O)c2cc([N+](=O)[O-])c(Br)c([N+](=O)[O-])c2)cc1. The number of ether oxygens (including phenoxy) is 1. The molecule has 0 spiro atoms. The third kappa shape index (κ3) is 4.28. The summed E-state index contributed by atoms with van der Waals surface area (Å²) in [6.07, 6.45) is 0. The molecule has 0 amide bonds. The highest BCUT2D eigenvalue weighted by Crippen LogP contribution is 2.35. The molecule has 0 atom stereocenters. The van der Waals surface area contributed by atoms with E-state index in [9.17, 15) is 29.8 Å². The zero-order valence-electron chi connectivity index (χ0n) is 13.3. The molecule has 2 aromatic rings. The van der Waals surface area contributed by atoms with Crippen molar-refractivity contribution in [3.8, 4) is 0 Å². The smallest absolute Gasteiger partial charge is 0.339 e. The van der Waals surface area contributed by atoms with Crippen molar-refractivity contribution < 1.29 is 24.2 Å². The Labute approximate surface area is 155 Å². The summed E-state index contributed by atoms with van der Waals surface area (Å²) in [5, 5.41) is 22.0. The first-order chi connectivity index (χ1) is 12.2. The average molecular weight is 423 g/mol. The van der Waals surface area contributed by atoms with Crippen LogP contribution in [0.3, 0.4) is 0 Å². The van der Waals surface area contributed by atoms with Crippen LogP contribution in [0.4, 0.5) is 11.4 Å². The van der Waals surface area contributed by atoms with Gasteiger partial charge in [0.15, 0.2) is 16.9 Å². The first kappa shape index (κ1) is 19.2. The number of benzene rings is 2. The van der Waals surface area contributed by atoms with E-state index in [-0.39, 0.29) is 4.47 Å². The second kappa shape index (κ2) is 7.83. The van der Waals surface area contributed by atoms with Crippen LogP contribution in [-0.2, 0) is 4.74 Å². The van der Waals surface area contributed by atoms with Crippen LogP contribution in [0.2, 0.25) is 0 Å². The van der Waals surface area contributed by atoms with Crippen molar-refractivity contribution in [3.05, 3.63) is 77.8 Å². The Morgan fingerprint density at radius 1 is 1.00 bits per heavy atom. The monoisotopic (exact) mass is 422 g/mol. The van der Waals surface area contributed by atoms with Crippen molar-refractivity contribution in [2.45, 2.75) is 6.92 Å². The van der Waals surface area contributed by atoms with Crippen molar-refractivity contribution in [1.29, 1.82) is 0 Å². The molecule has 0 heterocycles. The summed E-state index contributed by atoms with van der Waals surface area (Å²) in [6, 6.07) is 8.26. The number of hydrogen-bond donors (Lipinski definition) is 0. The Morgan fingerprint density at radius 3 is 1.96 bits per heavy atom. The molecule has 0 N–H and O–H groups in total. The number of carbonyl (C=O) groups is 2. The first-order valence-corrected chi connectivity index (χ1v) is 7.89. The number of ketones is 1.